The van der Waals surface area contributed by atoms with Crippen molar-refractivity contribution in [1.82, 2.24) is 15.3 Å². The normalized spacial score (nSPS) is 14.8. The van der Waals surface area contributed by atoms with Gasteiger partial charge >= 0.3 is 0 Å². The van der Waals surface area contributed by atoms with E-state index in [0.29, 0.717) is 18.8 Å². The maximum absolute atomic E-state index is 12.6. The van der Waals surface area contributed by atoms with E-state index < -0.39 is 0 Å². The SMILES string of the molecule is C[C@H](CCc1ccccc1)NC(=O)c1ccc(-c2cc(N3CCOCC3)ncn2)cc1. The number of aryl methyl sites for hydroxylation is 1. The van der Waals surface area contributed by atoms with E-state index in [1.165, 1.54) is 5.56 Å². The first-order valence-electron chi connectivity index (χ1n) is 10.8. The van der Waals surface area contributed by atoms with Crippen molar-refractivity contribution in [1.29, 1.82) is 0 Å². The third-order valence-corrected chi connectivity index (χ3v) is 5.52. The second-order valence-corrected chi connectivity index (χ2v) is 7.84. The number of carbonyl (C=O) groups excluding carboxylic acids is 1. The number of morpholine rings is 1. The van der Waals surface area contributed by atoms with Crippen molar-refractivity contribution in [3.8, 4) is 11.3 Å². The largest absolute Gasteiger partial charge is 0.378 e. The topological polar surface area (TPSA) is 67.4 Å². The van der Waals surface area contributed by atoms with E-state index in [1.807, 2.05) is 55.5 Å². The summed E-state index contributed by atoms with van der Waals surface area (Å²) in [5, 5.41) is 3.09. The lowest BCUT2D eigenvalue weighted by Gasteiger charge is -2.27. The summed E-state index contributed by atoms with van der Waals surface area (Å²) in [6.07, 6.45) is 3.44. The van der Waals surface area contributed by atoms with Crippen molar-refractivity contribution in [3.05, 3.63) is 78.1 Å². The van der Waals surface area contributed by atoms with Crippen LogP contribution in [0.3, 0.4) is 0 Å². The van der Waals surface area contributed by atoms with Crippen molar-refractivity contribution in [2.75, 3.05) is 31.2 Å². The minimum absolute atomic E-state index is 0.0520. The first kappa shape index (κ1) is 21.0. The Hall–Kier alpha value is -3.25. The fourth-order valence-electron chi connectivity index (χ4n) is 3.67. The Labute approximate surface area is 183 Å². The van der Waals surface area contributed by atoms with Crippen LogP contribution < -0.4 is 10.2 Å². The molecule has 6 heteroatoms. The summed E-state index contributed by atoms with van der Waals surface area (Å²) >= 11 is 0. The molecular formula is C25H28N4O2. The average molecular weight is 417 g/mol. The molecule has 0 unspecified atom stereocenters. The zero-order valence-corrected chi connectivity index (χ0v) is 17.8. The smallest absolute Gasteiger partial charge is 0.251 e. The molecule has 6 nitrogen and oxygen atoms in total. The molecule has 1 atom stereocenters. The molecule has 1 amide bonds. The zero-order chi connectivity index (χ0) is 21.5. The molecule has 1 aliphatic heterocycles. The summed E-state index contributed by atoms with van der Waals surface area (Å²) in [7, 11) is 0. The molecule has 3 aromatic rings. The van der Waals surface area contributed by atoms with Crippen molar-refractivity contribution in [3.63, 3.8) is 0 Å². The van der Waals surface area contributed by atoms with E-state index in [0.717, 1.165) is 43.0 Å². The highest BCUT2D eigenvalue weighted by Crippen LogP contribution is 2.22. The number of nitrogens with one attached hydrogen (secondary N) is 1. The van der Waals surface area contributed by atoms with Crippen LogP contribution in [0.5, 0.6) is 0 Å². The van der Waals surface area contributed by atoms with Crippen LogP contribution in [0, 0.1) is 0 Å². The second kappa shape index (κ2) is 10.2. The fourth-order valence-corrected chi connectivity index (χ4v) is 3.67. The van der Waals surface area contributed by atoms with Gasteiger partial charge in [-0.15, -0.1) is 0 Å². The molecular weight excluding hydrogens is 388 g/mol. The molecule has 0 bridgehead atoms. The molecule has 31 heavy (non-hydrogen) atoms. The number of carbonyl (C=O) groups is 1. The predicted octanol–water partition coefficient (Wildman–Crippen LogP) is 3.73. The van der Waals surface area contributed by atoms with Crippen LogP contribution in [0.4, 0.5) is 5.82 Å². The third-order valence-electron chi connectivity index (χ3n) is 5.52. The van der Waals surface area contributed by atoms with Gasteiger partial charge in [-0.2, -0.15) is 0 Å². The highest BCUT2D eigenvalue weighted by Gasteiger charge is 2.14. The number of benzene rings is 2. The van der Waals surface area contributed by atoms with Gasteiger partial charge in [0.1, 0.15) is 12.1 Å². The van der Waals surface area contributed by atoms with Crippen LogP contribution in [0.1, 0.15) is 29.3 Å². The van der Waals surface area contributed by atoms with Crippen LogP contribution in [0.15, 0.2) is 67.0 Å². The third kappa shape index (κ3) is 5.67. The number of hydrogen-bond donors (Lipinski definition) is 1. The average Bonchev–Trinajstić information content (AvgIpc) is 2.84. The lowest BCUT2D eigenvalue weighted by Crippen LogP contribution is -2.36. The summed E-state index contributed by atoms with van der Waals surface area (Å²) < 4.78 is 5.41. The monoisotopic (exact) mass is 416 g/mol. The maximum atomic E-state index is 12.6. The van der Waals surface area contributed by atoms with Crippen molar-refractivity contribution < 1.29 is 9.53 Å². The Kier molecular flexibility index (Phi) is 6.89. The Morgan fingerprint density at radius 2 is 1.81 bits per heavy atom. The van der Waals surface area contributed by atoms with Gasteiger partial charge in [0.2, 0.25) is 0 Å². The minimum Gasteiger partial charge on any atom is -0.378 e. The first-order valence-corrected chi connectivity index (χ1v) is 10.8. The van der Waals surface area contributed by atoms with E-state index in [9.17, 15) is 4.79 Å². The van der Waals surface area contributed by atoms with Crippen molar-refractivity contribution in [2.24, 2.45) is 0 Å². The zero-order valence-electron chi connectivity index (χ0n) is 17.8. The van der Waals surface area contributed by atoms with Crippen molar-refractivity contribution in [2.45, 2.75) is 25.8 Å². The predicted molar refractivity (Wildman–Crippen MR) is 122 cm³/mol. The number of amides is 1. The molecule has 0 spiro atoms. The van der Waals surface area contributed by atoms with E-state index in [1.54, 1.807) is 6.33 Å². The molecule has 0 aliphatic carbocycles. The van der Waals surface area contributed by atoms with Crippen LogP contribution in [-0.4, -0.2) is 48.2 Å². The number of nitrogens with zero attached hydrogens (tertiary/aromatic N) is 3. The molecule has 0 saturated carbocycles. The van der Waals surface area contributed by atoms with E-state index in [-0.39, 0.29) is 11.9 Å². The van der Waals surface area contributed by atoms with Gasteiger partial charge in [0, 0.05) is 36.3 Å². The summed E-state index contributed by atoms with van der Waals surface area (Å²) in [6.45, 7) is 5.14. The molecule has 2 heterocycles. The maximum Gasteiger partial charge on any atom is 0.251 e. The molecule has 1 fully saturated rings. The molecule has 2 aromatic carbocycles. The molecule has 1 saturated heterocycles. The van der Waals surface area contributed by atoms with Crippen LogP contribution in [0.25, 0.3) is 11.3 Å². The molecule has 1 aliphatic rings. The number of rotatable bonds is 7. The van der Waals surface area contributed by atoms with Crippen molar-refractivity contribution >= 4 is 11.7 Å². The molecule has 0 radical (unpaired) electrons. The summed E-state index contributed by atoms with van der Waals surface area (Å²) in [5.41, 5.74) is 3.75. The molecule has 1 aromatic heterocycles. The summed E-state index contributed by atoms with van der Waals surface area (Å²) in [5.74, 6) is 0.853. The fraction of sp³-hybridized carbons (Fsp3) is 0.320. The highest BCUT2D eigenvalue weighted by molar-refractivity contribution is 5.94. The van der Waals surface area contributed by atoms with E-state index in [2.05, 4.69) is 32.3 Å². The van der Waals surface area contributed by atoms with Gasteiger partial charge in [0.15, 0.2) is 0 Å². The number of ether oxygens (including phenoxy) is 1. The summed E-state index contributed by atoms with van der Waals surface area (Å²) in [6, 6.07) is 20.0. The van der Waals surface area contributed by atoms with Gasteiger partial charge in [-0.1, -0.05) is 42.5 Å². The van der Waals surface area contributed by atoms with Crippen LogP contribution >= 0.6 is 0 Å². The van der Waals surface area contributed by atoms with Gasteiger partial charge < -0.3 is 15.0 Å². The van der Waals surface area contributed by atoms with Crippen LogP contribution in [0.2, 0.25) is 0 Å². The first-order chi connectivity index (χ1) is 15.2. The molecule has 4 rings (SSSR count). The standard InChI is InChI=1S/C25H28N4O2/c1-19(7-8-20-5-3-2-4-6-20)28-25(30)22-11-9-21(10-12-22)23-17-24(27-18-26-23)29-13-15-31-16-14-29/h2-6,9-12,17-19H,7-8,13-16H2,1H3,(H,28,30)/t19-/m1/s1. The lowest BCUT2D eigenvalue weighted by atomic mass is 10.1. The number of aromatic nitrogens is 2. The minimum atomic E-state index is -0.0520. The summed E-state index contributed by atoms with van der Waals surface area (Å²) in [4.78, 5) is 23.6. The molecule has 160 valence electrons. The van der Waals surface area contributed by atoms with Gasteiger partial charge in [-0.3, -0.25) is 4.79 Å². The van der Waals surface area contributed by atoms with Gasteiger partial charge in [-0.05, 0) is 37.5 Å². The Morgan fingerprint density at radius 1 is 1.06 bits per heavy atom. The van der Waals surface area contributed by atoms with E-state index in [4.69, 9.17) is 4.74 Å². The highest BCUT2D eigenvalue weighted by atomic mass is 16.5. The van der Waals surface area contributed by atoms with E-state index >= 15 is 0 Å². The number of anilines is 1. The lowest BCUT2D eigenvalue weighted by molar-refractivity contribution is 0.0938. The second-order valence-electron chi connectivity index (χ2n) is 7.84. The molecule has 1 N–H and O–H groups in total. The quantitative estimate of drug-likeness (QED) is 0.636. The number of hydrogen-bond acceptors (Lipinski definition) is 5. The van der Waals surface area contributed by atoms with Gasteiger partial charge in [0.05, 0.1) is 18.9 Å². The Balaban J connectivity index is 1.36. The van der Waals surface area contributed by atoms with Gasteiger partial charge in [-0.25, -0.2) is 9.97 Å². The Bertz CT molecular complexity index is 986. The van der Waals surface area contributed by atoms with Crippen LogP contribution in [-0.2, 0) is 11.2 Å². The Morgan fingerprint density at radius 3 is 2.55 bits per heavy atom. The van der Waals surface area contributed by atoms with Gasteiger partial charge in [0.25, 0.3) is 5.91 Å².